The molecule has 1 unspecified atom stereocenters. The number of hydrogen-bond acceptors (Lipinski definition) is 7. The Morgan fingerprint density at radius 3 is 2.32 bits per heavy atom. The van der Waals surface area contributed by atoms with Gasteiger partial charge >= 0.3 is 5.70 Å². The maximum absolute atomic E-state index is 10.9. The monoisotopic (exact) mass is 305 g/mol. The van der Waals surface area contributed by atoms with E-state index in [2.05, 4.69) is 4.99 Å². The van der Waals surface area contributed by atoms with E-state index in [1.54, 1.807) is 30.3 Å². The van der Waals surface area contributed by atoms with Crippen molar-refractivity contribution in [2.75, 3.05) is 0 Å². The van der Waals surface area contributed by atoms with Crippen molar-refractivity contribution in [2.24, 2.45) is 10.9 Å². The van der Waals surface area contributed by atoms with Crippen molar-refractivity contribution in [1.29, 1.82) is 0 Å². The van der Waals surface area contributed by atoms with Gasteiger partial charge in [-0.2, -0.15) is 0 Å². The van der Waals surface area contributed by atoms with Crippen LogP contribution < -0.4 is 0 Å². The number of aliphatic imine (C=N–C) groups is 1. The van der Waals surface area contributed by atoms with Crippen LogP contribution in [0.2, 0.25) is 0 Å². The van der Waals surface area contributed by atoms with Crippen molar-refractivity contribution < 1.29 is 20.1 Å². The van der Waals surface area contributed by atoms with Crippen molar-refractivity contribution in [3.8, 4) is 0 Å². The Balaban J connectivity index is 2.41. The first-order valence-electron chi connectivity index (χ1n) is 6.09. The fourth-order valence-electron chi connectivity index (χ4n) is 1.89. The van der Waals surface area contributed by atoms with Crippen LogP contribution in [-0.4, -0.2) is 32.1 Å². The van der Waals surface area contributed by atoms with Crippen molar-refractivity contribution in [3.63, 3.8) is 0 Å². The molecular weight excluding hydrogens is 294 g/mol. The summed E-state index contributed by atoms with van der Waals surface area (Å²) in [6.07, 6.45) is 2.45. The largest absolute Gasteiger partial charge is 0.356 e. The summed E-state index contributed by atoms with van der Waals surface area (Å²) in [6, 6.07) is 8.38. The summed E-state index contributed by atoms with van der Waals surface area (Å²) in [5, 5.41) is 41.6. The van der Waals surface area contributed by atoms with Crippen LogP contribution in [0.15, 0.2) is 58.9 Å². The van der Waals surface area contributed by atoms with Crippen LogP contribution in [0.5, 0.6) is 0 Å². The van der Waals surface area contributed by atoms with Crippen LogP contribution in [0.4, 0.5) is 5.69 Å². The molecule has 1 aliphatic carbocycles. The number of para-hydroxylation sites is 1. The molecule has 2 rings (SSSR count). The number of aliphatic hydroxyl groups is 2. The topological polar surface area (TPSA) is 139 Å². The summed E-state index contributed by atoms with van der Waals surface area (Å²) in [4.78, 5) is 23.7. The number of allylic oxidation sites excluding steroid dienone is 1. The van der Waals surface area contributed by atoms with Crippen molar-refractivity contribution in [3.05, 3.63) is 74.1 Å². The van der Waals surface area contributed by atoms with E-state index in [1.807, 2.05) is 0 Å². The molecule has 9 heteroatoms. The van der Waals surface area contributed by atoms with Gasteiger partial charge in [0.1, 0.15) is 0 Å². The minimum atomic E-state index is -2.89. The van der Waals surface area contributed by atoms with Crippen LogP contribution in [0.25, 0.3) is 0 Å². The quantitative estimate of drug-likeness (QED) is 0.368. The minimum Gasteiger partial charge on any atom is -0.356 e. The van der Waals surface area contributed by atoms with Crippen molar-refractivity contribution >= 4 is 11.9 Å². The predicted molar refractivity (Wildman–Crippen MR) is 75.4 cm³/mol. The van der Waals surface area contributed by atoms with Gasteiger partial charge in [0.05, 0.1) is 27.5 Å². The lowest BCUT2D eigenvalue weighted by Crippen LogP contribution is -2.44. The molecule has 0 bridgehead atoms. The van der Waals surface area contributed by atoms with Gasteiger partial charge in [0.25, 0.3) is 11.5 Å². The van der Waals surface area contributed by atoms with Gasteiger partial charge in [-0.25, -0.2) is 0 Å². The zero-order valence-corrected chi connectivity index (χ0v) is 11.1. The van der Waals surface area contributed by atoms with Gasteiger partial charge < -0.3 is 10.2 Å². The molecule has 0 aromatic heterocycles. The molecule has 1 atom stereocenters. The molecule has 0 heterocycles. The maximum atomic E-state index is 10.9. The lowest BCUT2D eigenvalue weighted by Gasteiger charge is -2.25. The Labute approximate surface area is 123 Å². The molecule has 0 amide bonds. The first-order chi connectivity index (χ1) is 10.3. The molecule has 0 saturated carbocycles. The van der Waals surface area contributed by atoms with Crippen LogP contribution in [0.1, 0.15) is 0 Å². The zero-order chi connectivity index (χ0) is 16.3. The van der Waals surface area contributed by atoms with Gasteiger partial charge in [0, 0.05) is 12.3 Å². The SMILES string of the molecule is O=[N+]([O-])C1=CC(C=Nc2ccccc2)C(O)(O)C([N+](=O)[O-])=C1. The van der Waals surface area contributed by atoms with E-state index in [0.717, 1.165) is 12.3 Å². The van der Waals surface area contributed by atoms with Crippen LogP contribution in [-0.2, 0) is 0 Å². The third-order valence-electron chi connectivity index (χ3n) is 3.02. The van der Waals surface area contributed by atoms with Crippen LogP contribution in [0, 0.1) is 26.1 Å². The molecule has 2 N–H and O–H groups in total. The highest BCUT2D eigenvalue weighted by molar-refractivity contribution is 5.70. The Kier molecular flexibility index (Phi) is 4.11. The molecule has 1 aromatic rings. The highest BCUT2D eigenvalue weighted by Crippen LogP contribution is 2.31. The first kappa shape index (κ1) is 15.5. The Hall–Kier alpha value is -2.91. The van der Waals surface area contributed by atoms with Crippen LogP contribution >= 0.6 is 0 Å². The lowest BCUT2D eigenvalue weighted by atomic mass is 9.91. The normalized spacial score (nSPS) is 20.4. The Bertz CT molecular complexity index is 693. The van der Waals surface area contributed by atoms with Gasteiger partial charge in [0.15, 0.2) is 0 Å². The molecule has 0 radical (unpaired) electrons. The van der Waals surface area contributed by atoms with Gasteiger partial charge in [0.2, 0.25) is 0 Å². The van der Waals surface area contributed by atoms with E-state index in [0.29, 0.717) is 11.8 Å². The standard InChI is InChI=1S/C13H11N3O6/c17-13(18)9(8-14-10-4-2-1-3-5-10)6-11(15(19)20)7-12(13)16(21)22/h1-9,17-18H. The van der Waals surface area contributed by atoms with Crippen LogP contribution in [0.3, 0.4) is 0 Å². The fraction of sp³-hybridized carbons (Fsp3) is 0.154. The highest BCUT2D eigenvalue weighted by Gasteiger charge is 2.49. The molecule has 0 aliphatic heterocycles. The molecule has 114 valence electrons. The second-order valence-electron chi connectivity index (χ2n) is 4.50. The predicted octanol–water partition coefficient (Wildman–Crippen LogP) is 1.02. The van der Waals surface area contributed by atoms with Gasteiger partial charge in [-0.05, 0) is 12.1 Å². The fourth-order valence-corrected chi connectivity index (χ4v) is 1.89. The smallest absolute Gasteiger partial charge is 0.312 e. The third kappa shape index (κ3) is 3.05. The molecule has 1 aromatic carbocycles. The second-order valence-corrected chi connectivity index (χ2v) is 4.50. The lowest BCUT2D eigenvalue weighted by molar-refractivity contribution is -0.468. The van der Waals surface area contributed by atoms with E-state index in [4.69, 9.17) is 0 Å². The van der Waals surface area contributed by atoms with Gasteiger partial charge in [-0.3, -0.25) is 25.2 Å². The summed E-state index contributed by atoms with van der Waals surface area (Å²) in [5.41, 5.74) is -1.22. The number of nitrogens with zero attached hydrogens (tertiary/aromatic N) is 3. The average molecular weight is 305 g/mol. The highest BCUT2D eigenvalue weighted by atomic mass is 16.6. The summed E-state index contributed by atoms with van der Waals surface area (Å²) in [6.45, 7) is 0. The van der Waals surface area contributed by atoms with Crippen molar-refractivity contribution in [1.82, 2.24) is 0 Å². The second kappa shape index (κ2) is 5.84. The van der Waals surface area contributed by atoms with E-state index in [1.165, 1.54) is 0 Å². The summed E-state index contributed by atoms with van der Waals surface area (Å²) < 4.78 is 0. The molecular formula is C13H11N3O6. The number of rotatable bonds is 4. The van der Waals surface area contributed by atoms with E-state index in [-0.39, 0.29) is 0 Å². The number of nitro groups is 2. The van der Waals surface area contributed by atoms with E-state index >= 15 is 0 Å². The van der Waals surface area contributed by atoms with Crippen molar-refractivity contribution in [2.45, 2.75) is 5.79 Å². The summed E-state index contributed by atoms with van der Waals surface area (Å²) >= 11 is 0. The maximum Gasteiger partial charge on any atom is 0.312 e. The molecule has 9 nitrogen and oxygen atoms in total. The molecule has 0 fully saturated rings. The Morgan fingerprint density at radius 2 is 1.77 bits per heavy atom. The molecule has 0 spiro atoms. The number of benzene rings is 1. The molecule has 1 aliphatic rings. The van der Waals surface area contributed by atoms with E-state index < -0.39 is 32.9 Å². The number of hydrogen-bond donors (Lipinski definition) is 2. The molecule has 0 saturated heterocycles. The Morgan fingerprint density at radius 1 is 1.14 bits per heavy atom. The first-order valence-corrected chi connectivity index (χ1v) is 6.09. The summed E-state index contributed by atoms with van der Waals surface area (Å²) in [5.74, 6) is -4.32. The van der Waals surface area contributed by atoms with Gasteiger partial charge in [-0.15, -0.1) is 0 Å². The average Bonchev–Trinajstić information content (AvgIpc) is 2.46. The zero-order valence-electron chi connectivity index (χ0n) is 11.1. The molecule has 22 heavy (non-hydrogen) atoms. The third-order valence-corrected chi connectivity index (χ3v) is 3.02. The summed E-state index contributed by atoms with van der Waals surface area (Å²) in [7, 11) is 0. The van der Waals surface area contributed by atoms with E-state index in [9.17, 15) is 30.4 Å². The van der Waals surface area contributed by atoms with Gasteiger partial charge in [-0.1, -0.05) is 18.2 Å². The minimum absolute atomic E-state index is 0.464.